The van der Waals surface area contributed by atoms with Crippen LogP contribution in [0.1, 0.15) is 18.1 Å². The van der Waals surface area contributed by atoms with Crippen molar-refractivity contribution in [1.82, 2.24) is 4.98 Å². The maximum absolute atomic E-state index is 8.95. The van der Waals surface area contributed by atoms with Gasteiger partial charge in [-0.25, -0.2) is 0 Å². The van der Waals surface area contributed by atoms with E-state index in [0.717, 1.165) is 28.8 Å². The van der Waals surface area contributed by atoms with Gasteiger partial charge in [-0.1, -0.05) is 21.1 Å². The fourth-order valence-corrected chi connectivity index (χ4v) is 2.46. The quantitative estimate of drug-likeness (QED) is 0.377. The Bertz CT molecular complexity index is 631. The van der Waals surface area contributed by atoms with Crippen LogP contribution in [-0.4, -0.2) is 22.6 Å². The summed E-state index contributed by atoms with van der Waals surface area (Å²) in [5.74, 6) is 0.102. The molecule has 110 valence electrons. The molecule has 0 aliphatic carbocycles. The number of benzene rings is 1. The minimum atomic E-state index is 0.102. The van der Waals surface area contributed by atoms with Gasteiger partial charge in [0.2, 0.25) is 0 Å². The summed E-state index contributed by atoms with van der Waals surface area (Å²) in [5.41, 5.74) is 8.55. The maximum Gasteiger partial charge on any atom is 0.172 e. The lowest BCUT2D eigenvalue weighted by molar-refractivity contribution is 0.318. The second kappa shape index (κ2) is 7.08. The third kappa shape index (κ3) is 3.72. The number of rotatable bonds is 5. The molecule has 1 aromatic carbocycles. The largest absolute Gasteiger partial charge is 0.409 e. The summed E-state index contributed by atoms with van der Waals surface area (Å²) in [6.45, 7) is 3.59. The smallest absolute Gasteiger partial charge is 0.172 e. The second-order valence-corrected chi connectivity index (χ2v) is 5.43. The SMILES string of the molecule is CCN(Cc1ccncc1)c1cc(Br)ccc1/C(N)=N/O. The monoisotopic (exact) mass is 348 g/mol. The van der Waals surface area contributed by atoms with Gasteiger partial charge in [0, 0.05) is 41.2 Å². The van der Waals surface area contributed by atoms with Crippen molar-refractivity contribution in [3.05, 3.63) is 58.3 Å². The molecule has 2 rings (SSSR count). The Kier molecular flexibility index (Phi) is 5.16. The van der Waals surface area contributed by atoms with E-state index in [0.29, 0.717) is 5.56 Å². The number of nitrogens with two attached hydrogens (primary N) is 1. The molecule has 3 N–H and O–H groups in total. The Morgan fingerprint density at radius 2 is 2.05 bits per heavy atom. The van der Waals surface area contributed by atoms with E-state index in [1.807, 2.05) is 30.3 Å². The van der Waals surface area contributed by atoms with Crippen LogP contribution in [0.2, 0.25) is 0 Å². The second-order valence-electron chi connectivity index (χ2n) is 4.52. The lowest BCUT2D eigenvalue weighted by atomic mass is 10.1. The van der Waals surface area contributed by atoms with Gasteiger partial charge < -0.3 is 15.8 Å². The van der Waals surface area contributed by atoms with Gasteiger partial charge in [0.15, 0.2) is 5.84 Å². The maximum atomic E-state index is 8.95. The number of nitrogens with zero attached hydrogens (tertiary/aromatic N) is 3. The number of anilines is 1. The Labute approximate surface area is 132 Å². The Balaban J connectivity index is 2.39. The molecule has 5 nitrogen and oxygen atoms in total. The van der Waals surface area contributed by atoms with E-state index in [1.54, 1.807) is 12.4 Å². The molecule has 6 heteroatoms. The fraction of sp³-hybridized carbons (Fsp3) is 0.200. The van der Waals surface area contributed by atoms with E-state index >= 15 is 0 Å². The number of pyridine rings is 1. The van der Waals surface area contributed by atoms with Crippen LogP contribution < -0.4 is 10.6 Å². The molecule has 0 aliphatic heterocycles. The minimum absolute atomic E-state index is 0.102. The van der Waals surface area contributed by atoms with Crippen molar-refractivity contribution in [2.75, 3.05) is 11.4 Å². The van der Waals surface area contributed by atoms with Crippen LogP contribution in [0.5, 0.6) is 0 Å². The first-order valence-electron chi connectivity index (χ1n) is 6.57. The van der Waals surface area contributed by atoms with Crippen LogP contribution in [0.4, 0.5) is 5.69 Å². The van der Waals surface area contributed by atoms with Gasteiger partial charge in [-0.15, -0.1) is 0 Å². The summed E-state index contributed by atoms with van der Waals surface area (Å²) < 4.78 is 0.945. The molecule has 0 bridgehead atoms. The molecule has 0 saturated heterocycles. The molecule has 0 fully saturated rings. The standard InChI is InChI=1S/C15H17BrN4O/c1-2-20(10-11-5-7-18-8-6-11)14-9-12(16)3-4-13(14)15(17)19-21/h3-9,21H,2,10H2,1H3,(H2,17,19). The van der Waals surface area contributed by atoms with Gasteiger partial charge in [-0.3, -0.25) is 4.98 Å². The van der Waals surface area contributed by atoms with Gasteiger partial charge in [0.1, 0.15) is 0 Å². The van der Waals surface area contributed by atoms with Gasteiger partial charge in [-0.2, -0.15) is 0 Å². The molecular formula is C15H17BrN4O. The first-order valence-corrected chi connectivity index (χ1v) is 7.36. The van der Waals surface area contributed by atoms with Crippen molar-refractivity contribution in [3.63, 3.8) is 0 Å². The molecule has 0 unspecified atom stereocenters. The van der Waals surface area contributed by atoms with E-state index in [-0.39, 0.29) is 5.84 Å². The number of amidine groups is 1. The highest BCUT2D eigenvalue weighted by molar-refractivity contribution is 9.10. The first-order chi connectivity index (χ1) is 10.2. The zero-order valence-corrected chi connectivity index (χ0v) is 13.3. The van der Waals surface area contributed by atoms with E-state index in [4.69, 9.17) is 10.9 Å². The molecular weight excluding hydrogens is 332 g/mol. The average Bonchev–Trinajstić information content (AvgIpc) is 2.52. The van der Waals surface area contributed by atoms with Crippen LogP contribution in [-0.2, 0) is 6.54 Å². The molecule has 0 atom stereocenters. The van der Waals surface area contributed by atoms with E-state index < -0.39 is 0 Å². The van der Waals surface area contributed by atoms with Gasteiger partial charge in [-0.05, 0) is 42.8 Å². The summed E-state index contributed by atoms with van der Waals surface area (Å²) >= 11 is 3.47. The van der Waals surface area contributed by atoms with Crippen LogP contribution in [0.15, 0.2) is 52.4 Å². The van der Waals surface area contributed by atoms with E-state index in [1.165, 1.54) is 0 Å². The van der Waals surface area contributed by atoms with Gasteiger partial charge in [0.05, 0.1) is 0 Å². The molecule has 2 aromatic rings. The fourth-order valence-electron chi connectivity index (χ4n) is 2.11. The molecule has 0 amide bonds. The van der Waals surface area contributed by atoms with Crippen LogP contribution in [0, 0.1) is 0 Å². The highest BCUT2D eigenvalue weighted by atomic mass is 79.9. The summed E-state index contributed by atoms with van der Waals surface area (Å²) in [7, 11) is 0. The number of aromatic nitrogens is 1. The molecule has 0 spiro atoms. The minimum Gasteiger partial charge on any atom is -0.409 e. The molecule has 0 saturated carbocycles. The van der Waals surface area contributed by atoms with Crippen molar-refractivity contribution in [2.24, 2.45) is 10.9 Å². The predicted octanol–water partition coefficient (Wildman–Crippen LogP) is 2.97. The van der Waals surface area contributed by atoms with Gasteiger partial charge in [0.25, 0.3) is 0 Å². The van der Waals surface area contributed by atoms with E-state index in [2.05, 4.69) is 37.9 Å². The average molecular weight is 349 g/mol. The number of hydrogen-bond acceptors (Lipinski definition) is 4. The number of hydrogen-bond donors (Lipinski definition) is 2. The van der Waals surface area contributed by atoms with Gasteiger partial charge >= 0.3 is 0 Å². The molecule has 1 aromatic heterocycles. The van der Waals surface area contributed by atoms with Crippen LogP contribution in [0.25, 0.3) is 0 Å². The van der Waals surface area contributed by atoms with Crippen molar-refractivity contribution in [3.8, 4) is 0 Å². The zero-order chi connectivity index (χ0) is 15.2. The molecule has 0 aliphatic rings. The highest BCUT2D eigenvalue weighted by Gasteiger charge is 2.14. The third-order valence-electron chi connectivity index (χ3n) is 3.19. The molecule has 1 heterocycles. The van der Waals surface area contributed by atoms with Crippen LogP contribution in [0.3, 0.4) is 0 Å². The normalized spacial score (nSPS) is 11.4. The summed E-state index contributed by atoms with van der Waals surface area (Å²) in [6, 6.07) is 9.63. The third-order valence-corrected chi connectivity index (χ3v) is 3.68. The molecule has 0 radical (unpaired) electrons. The number of oxime groups is 1. The predicted molar refractivity (Wildman–Crippen MR) is 87.6 cm³/mol. The van der Waals surface area contributed by atoms with Crippen molar-refractivity contribution < 1.29 is 5.21 Å². The zero-order valence-electron chi connectivity index (χ0n) is 11.7. The summed E-state index contributed by atoms with van der Waals surface area (Å²) in [6.07, 6.45) is 3.54. The Morgan fingerprint density at radius 1 is 1.33 bits per heavy atom. The lowest BCUT2D eigenvalue weighted by Crippen LogP contribution is -2.26. The summed E-state index contributed by atoms with van der Waals surface area (Å²) in [5, 5.41) is 12.1. The molecule has 21 heavy (non-hydrogen) atoms. The van der Waals surface area contributed by atoms with Crippen molar-refractivity contribution in [2.45, 2.75) is 13.5 Å². The van der Waals surface area contributed by atoms with Crippen LogP contribution >= 0.6 is 15.9 Å². The van der Waals surface area contributed by atoms with Crippen molar-refractivity contribution in [1.29, 1.82) is 0 Å². The topological polar surface area (TPSA) is 74.7 Å². The Hall–Kier alpha value is -2.08. The highest BCUT2D eigenvalue weighted by Crippen LogP contribution is 2.26. The van der Waals surface area contributed by atoms with E-state index in [9.17, 15) is 0 Å². The Morgan fingerprint density at radius 3 is 2.67 bits per heavy atom. The summed E-state index contributed by atoms with van der Waals surface area (Å²) in [4.78, 5) is 6.19. The lowest BCUT2D eigenvalue weighted by Gasteiger charge is -2.25. The first kappa shape index (κ1) is 15.3. The number of halogens is 1. The van der Waals surface area contributed by atoms with Crippen molar-refractivity contribution >= 4 is 27.5 Å².